The molecule has 1 heterocycles. The van der Waals surface area contributed by atoms with Crippen LogP contribution in [0.3, 0.4) is 0 Å². The van der Waals surface area contributed by atoms with Crippen LogP contribution in [0.2, 0.25) is 0 Å². The summed E-state index contributed by atoms with van der Waals surface area (Å²) >= 11 is 0. The Kier molecular flexibility index (Phi) is 2.99. The van der Waals surface area contributed by atoms with E-state index in [-0.39, 0.29) is 12.0 Å². The quantitative estimate of drug-likeness (QED) is 0.847. The third kappa shape index (κ3) is 1.97. The van der Waals surface area contributed by atoms with Gasteiger partial charge >= 0.3 is 0 Å². The van der Waals surface area contributed by atoms with Crippen LogP contribution in [0, 0.1) is 0 Å². The Labute approximate surface area is 94.8 Å². The summed E-state index contributed by atoms with van der Waals surface area (Å²) in [6.07, 6.45) is 2.39. The van der Waals surface area contributed by atoms with Crippen LogP contribution in [0.25, 0.3) is 0 Å². The summed E-state index contributed by atoms with van der Waals surface area (Å²) in [7, 11) is 1.61. The Morgan fingerprint density at radius 1 is 1.44 bits per heavy atom. The molecule has 1 aliphatic carbocycles. The molecule has 0 saturated heterocycles. The molecule has 0 amide bonds. The van der Waals surface area contributed by atoms with Crippen LogP contribution in [0.5, 0.6) is 0 Å². The molecular weight excluding hydrogens is 208 g/mol. The van der Waals surface area contributed by atoms with Crippen molar-refractivity contribution in [3.63, 3.8) is 0 Å². The molecule has 1 N–H and O–H groups in total. The highest BCUT2D eigenvalue weighted by molar-refractivity contribution is 5.04. The minimum atomic E-state index is -0.550. The molecule has 0 spiro atoms. The molecule has 0 bridgehead atoms. The Morgan fingerprint density at radius 2 is 2.19 bits per heavy atom. The zero-order valence-corrected chi connectivity index (χ0v) is 9.93. The number of ether oxygens (including phenoxy) is 1. The van der Waals surface area contributed by atoms with Gasteiger partial charge in [0.1, 0.15) is 5.60 Å². The maximum atomic E-state index is 9.75. The van der Waals surface area contributed by atoms with Crippen molar-refractivity contribution >= 4 is 0 Å². The first-order valence-corrected chi connectivity index (χ1v) is 5.62. The minimum Gasteiger partial charge on any atom is -0.392 e. The van der Waals surface area contributed by atoms with Gasteiger partial charge < -0.3 is 14.4 Å². The highest BCUT2D eigenvalue weighted by atomic mass is 16.5. The lowest BCUT2D eigenvalue weighted by Gasteiger charge is -2.17. The number of aliphatic hydroxyl groups is 1. The fourth-order valence-corrected chi connectivity index (χ4v) is 1.95. The molecular formula is C11H18N2O3. The SMILES string of the molecule is COC(C)(C)c1noc(C2CCCC2O)n1. The van der Waals surface area contributed by atoms with Crippen LogP contribution in [0.4, 0.5) is 0 Å². The Bertz CT molecular complexity index is 362. The van der Waals surface area contributed by atoms with Gasteiger partial charge in [-0.2, -0.15) is 4.98 Å². The molecule has 1 aliphatic rings. The summed E-state index contributed by atoms with van der Waals surface area (Å²) < 4.78 is 10.5. The summed E-state index contributed by atoms with van der Waals surface area (Å²) in [4.78, 5) is 4.32. The Balaban J connectivity index is 2.19. The average Bonchev–Trinajstić information content (AvgIpc) is 2.85. The van der Waals surface area contributed by atoms with Crippen molar-refractivity contribution in [1.29, 1.82) is 0 Å². The minimum absolute atomic E-state index is 0.00564. The maximum absolute atomic E-state index is 9.75. The molecule has 5 heteroatoms. The molecule has 1 aromatic heterocycles. The van der Waals surface area contributed by atoms with Crippen LogP contribution >= 0.6 is 0 Å². The molecule has 90 valence electrons. The second-order valence-corrected chi connectivity index (χ2v) is 4.78. The number of nitrogens with zero attached hydrogens (tertiary/aromatic N) is 2. The molecule has 16 heavy (non-hydrogen) atoms. The molecule has 1 saturated carbocycles. The molecule has 1 fully saturated rings. The zero-order chi connectivity index (χ0) is 11.8. The zero-order valence-electron chi connectivity index (χ0n) is 9.93. The number of aliphatic hydroxyl groups excluding tert-OH is 1. The lowest BCUT2D eigenvalue weighted by molar-refractivity contribution is 0.00973. The molecule has 2 rings (SSSR count). The highest BCUT2D eigenvalue weighted by Crippen LogP contribution is 2.34. The third-order valence-electron chi connectivity index (χ3n) is 3.29. The van der Waals surface area contributed by atoms with E-state index in [1.165, 1.54) is 0 Å². The monoisotopic (exact) mass is 226 g/mol. The van der Waals surface area contributed by atoms with E-state index in [0.29, 0.717) is 11.7 Å². The van der Waals surface area contributed by atoms with E-state index in [1.807, 2.05) is 13.8 Å². The summed E-state index contributed by atoms with van der Waals surface area (Å²) in [6, 6.07) is 0. The van der Waals surface area contributed by atoms with Gasteiger partial charge in [0, 0.05) is 7.11 Å². The van der Waals surface area contributed by atoms with Crippen LogP contribution in [0.1, 0.15) is 50.7 Å². The molecule has 2 unspecified atom stereocenters. The van der Waals surface area contributed by atoms with E-state index in [2.05, 4.69) is 10.1 Å². The van der Waals surface area contributed by atoms with Gasteiger partial charge in [-0.25, -0.2) is 0 Å². The van der Waals surface area contributed by atoms with Crippen molar-refractivity contribution in [2.75, 3.05) is 7.11 Å². The van der Waals surface area contributed by atoms with Crippen molar-refractivity contribution < 1.29 is 14.4 Å². The van der Waals surface area contributed by atoms with Crippen molar-refractivity contribution in [1.82, 2.24) is 10.1 Å². The molecule has 0 aromatic carbocycles. The van der Waals surface area contributed by atoms with E-state index in [0.717, 1.165) is 19.3 Å². The lowest BCUT2D eigenvalue weighted by Crippen LogP contribution is -2.21. The van der Waals surface area contributed by atoms with Gasteiger partial charge in [-0.3, -0.25) is 0 Å². The molecule has 2 atom stereocenters. The van der Waals surface area contributed by atoms with Gasteiger partial charge in [-0.1, -0.05) is 5.16 Å². The van der Waals surface area contributed by atoms with E-state index >= 15 is 0 Å². The second-order valence-electron chi connectivity index (χ2n) is 4.78. The number of methoxy groups -OCH3 is 1. The standard InChI is InChI=1S/C11H18N2O3/c1-11(2,15-3)10-12-9(16-13-10)7-5-4-6-8(7)14/h7-8,14H,4-6H2,1-3H3. The van der Waals surface area contributed by atoms with Crippen LogP contribution in [0.15, 0.2) is 4.52 Å². The number of hydrogen-bond donors (Lipinski definition) is 1. The van der Waals surface area contributed by atoms with E-state index in [4.69, 9.17) is 9.26 Å². The fraction of sp³-hybridized carbons (Fsp3) is 0.818. The number of rotatable bonds is 3. The molecule has 1 aromatic rings. The summed E-state index contributed by atoms with van der Waals surface area (Å²) in [6.45, 7) is 3.76. The van der Waals surface area contributed by atoms with Crippen molar-refractivity contribution in [2.45, 2.75) is 50.7 Å². The van der Waals surface area contributed by atoms with Crippen LogP contribution < -0.4 is 0 Å². The normalized spacial score (nSPS) is 26.2. The first-order valence-electron chi connectivity index (χ1n) is 5.62. The maximum Gasteiger partial charge on any atom is 0.232 e. The Morgan fingerprint density at radius 3 is 2.75 bits per heavy atom. The van der Waals surface area contributed by atoms with Crippen molar-refractivity contribution in [3.8, 4) is 0 Å². The topological polar surface area (TPSA) is 68.4 Å². The molecule has 0 radical (unpaired) electrons. The summed E-state index contributed by atoms with van der Waals surface area (Å²) in [5, 5.41) is 13.7. The summed E-state index contributed by atoms with van der Waals surface area (Å²) in [5.74, 6) is 1.06. The predicted octanol–water partition coefficient (Wildman–Crippen LogP) is 1.58. The predicted molar refractivity (Wildman–Crippen MR) is 56.9 cm³/mol. The Hall–Kier alpha value is -0.940. The largest absolute Gasteiger partial charge is 0.392 e. The second kappa shape index (κ2) is 4.14. The number of hydrogen-bond acceptors (Lipinski definition) is 5. The van der Waals surface area contributed by atoms with Crippen molar-refractivity contribution in [2.24, 2.45) is 0 Å². The first-order chi connectivity index (χ1) is 7.54. The van der Waals surface area contributed by atoms with E-state index in [9.17, 15) is 5.11 Å². The third-order valence-corrected chi connectivity index (χ3v) is 3.29. The van der Waals surface area contributed by atoms with Crippen molar-refractivity contribution in [3.05, 3.63) is 11.7 Å². The lowest BCUT2D eigenvalue weighted by atomic mass is 10.1. The van der Waals surface area contributed by atoms with E-state index < -0.39 is 5.60 Å². The smallest absolute Gasteiger partial charge is 0.232 e. The van der Waals surface area contributed by atoms with Gasteiger partial charge in [0.05, 0.1) is 12.0 Å². The van der Waals surface area contributed by atoms with Crippen LogP contribution in [-0.2, 0) is 10.3 Å². The fourth-order valence-electron chi connectivity index (χ4n) is 1.95. The van der Waals surface area contributed by atoms with Gasteiger partial charge in [0.15, 0.2) is 0 Å². The number of aromatic nitrogens is 2. The first kappa shape index (κ1) is 11.5. The summed E-state index contributed by atoms with van der Waals surface area (Å²) in [5.41, 5.74) is -0.550. The van der Waals surface area contributed by atoms with Gasteiger partial charge in [-0.05, 0) is 33.1 Å². The van der Waals surface area contributed by atoms with Gasteiger partial charge in [0.25, 0.3) is 0 Å². The van der Waals surface area contributed by atoms with Gasteiger partial charge in [-0.15, -0.1) is 0 Å². The highest BCUT2D eigenvalue weighted by Gasteiger charge is 2.34. The molecule has 0 aliphatic heterocycles. The van der Waals surface area contributed by atoms with E-state index in [1.54, 1.807) is 7.11 Å². The van der Waals surface area contributed by atoms with Gasteiger partial charge in [0.2, 0.25) is 11.7 Å². The average molecular weight is 226 g/mol. The molecule has 5 nitrogen and oxygen atoms in total. The van der Waals surface area contributed by atoms with Crippen LogP contribution in [-0.4, -0.2) is 28.5 Å².